The van der Waals surface area contributed by atoms with Gasteiger partial charge in [-0.2, -0.15) is 0 Å². The largest absolute Gasteiger partial charge is 0.481 e. The summed E-state index contributed by atoms with van der Waals surface area (Å²) < 4.78 is 5.08. The Labute approximate surface area is 89.5 Å². The average Bonchev–Trinajstić information content (AvgIpc) is 2.21. The van der Waals surface area contributed by atoms with Gasteiger partial charge < -0.3 is 15.2 Å². The monoisotopic (exact) mass is 211 g/mol. The topological polar surface area (TPSA) is 67.3 Å². The van der Waals surface area contributed by atoms with Crippen molar-refractivity contribution in [2.75, 3.05) is 19.0 Å². The highest BCUT2D eigenvalue weighted by atomic mass is 16.5. The molecule has 1 rings (SSSR count). The van der Waals surface area contributed by atoms with Gasteiger partial charge in [-0.15, -0.1) is 0 Å². The van der Waals surface area contributed by atoms with Gasteiger partial charge in [-0.3, -0.25) is 0 Å². The molecule has 2 N–H and O–H groups in total. The minimum absolute atomic E-state index is 0.0265. The number of aromatic nitrogens is 2. The molecule has 0 aliphatic heterocycles. The van der Waals surface area contributed by atoms with Crippen LogP contribution in [0.15, 0.2) is 6.33 Å². The van der Waals surface area contributed by atoms with Crippen LogP contribution < -0.4 is 10.1 Å². The number of aliphatic hydroxyl groups is 1. The third-order valence-corrected chi connectivity index (χ3v) is 2.08. The first-order valence-electron chi connectivity index (χ1n) is 4.75. The number of ether oxygens (including phenoxy) is 1. The number of rotatable bonds is 4. The Bertz CT molecular complexity index is 339. The quantitative estimate of drug-likeness (QED) is 0.777. The summed E-state index contributed by atoms with van der Waals surface area (Å²) in [5.41, 5.74) is 0.422. The number of hydrogen-bond acceptors (Lipinski definition) is 5. The molecule has 0 saturated heterocycles. The Hall–Kier alpha value is -1.36. The molecular formula is C10H17N3O2. The molecule has 0 spiro atoms. The maximum absolute atomic E-state index is 9.14. The minimum atomic E-state index is -0.413. The van der Waals surface area contributed by atoms with Crippen molar-refractivity contribution in [3.05, 3.63) is 11.9 Å². The van der Waals surface area contributed by atoms with Crippen LogP contribution in [0, 0.1) is 6.92 Å². The van der Waals surface area contributed by atoms with Gasteiger partial charge in [0.05, 0.1) is 24.8 Å². The van der Waals surface area contributed by atoms with Crippen LogP contribution in [0.25, 0.3) is 0 Å². The van der Waals surface area contributed by atoms with Gasteiger partial charge in [-0.1, -0.05) is 0 Å². The summed E-state index contributed by atoms with van der Waals surface area (Å²) in [6, 6.07) is 0. The summed E-state index contributed by atoms with van der Waals surface area (Å²) in [7, 11) is 1.57. The molecule has 1 heterocycles. The van der Waals surface area contributed by atoms with Crippen LogP contribution in [-0.4, -0.2) is 34.3 Å². The van der Waals surface area contributed by atoms with E-state index in [-0.39, 0.29) is 6.61 Å². The number of methoxy groups -OCH3 is 1. The van der Waals surface area contributed by atoms with Crippen LogP contribution in [0.2, 0.25) is 0 Å². The molecule has 0 atom stereocenters. The lowest BCUT2D eigenvalue weighted by molar-refractivity contribution is 0.233. The number of nitrogens with one attached hydrogen (secondary N) is 1. The van der Waals surface area contributed by atoms with Crippen LogP contribution >= 0.6 is 0 Å². The third kappa shape index (κ3) is 2.79. The molecule has 0 saturated carbocycles. The summed E-state index contributed by atoms with van der Waals surface area (Å²) in [5, 5.41) is 12.3. The van der Waals surface area contributed by atoms with Gasteiger partial charge in [0.2, 0.25) is 5.88 Å². The molecule has 0 fully saturated rings. The van der Waals surface area contributed by atoms with Crippen LogP contribution in [0.4, 0.5) is 5.82 Å². The van der Waals surface area contributed by atoms with Crippen molar-refractivity contribution >= 4 is 5.82 Å². The Morgan fingerprint density at radius 3 is 2.67 bits per heavy atom. The van der Waals surface area contributed by atoms with Gasteiger partial charge in [0.1, 0.15) is 12.1 Å². The summed E-state index contributed by atoms with van der Waals surface area (Å²) in [4.78, 5) is 8.08. The van der Waals surface area contributed by atoms with Crippen LogP contribution in [-0.2, 0) is 0 Å². The van der Waals surface area contributed by atoms with Gasteiger partial charge in [0.15, 0.2) is 0 Å². The van der Waals surface area contributed by atoms with Gasteiger partial charge in [0, 0.05) is 0 Å². The van der Waals surface area contributed by atoms with Crippen molar-refractivity contribution in [1.82, 2.24) is 9.97 Å². The van der Waals surface area contributed by atoms with Crippen molar-refractivity contribution in [1.29, 1.82) is 0 Å². The Balaban J connectivity index is 2.95. The predicted octanol–water partition coefficient (Wildman–Crippen LogP) is 0.976. The fraction of sp³-hybridized carbons (Fsp3) is 0.600. The maximum Gasteiger partial charge on any atom is 0.221 e. The molecule has 0 aliphatic carbocycles. The molecule has 0 unspecified atom stereocenters. The summed E-state index contributed by atoms with van der Waals surface area (Å²) in [6.45, 7) is 5.68. The summed E-state index contributed by atoms with van der Waals surface area (Å²) in [5.74, 6) is 1.22. The summed E-state index contributed by atoms with van der Waals surface area (Å²) >= 11 is 0. The van der Waals surface area contributed by atoms with Gasteiger partial charge in [-0.25, -0.2) is 9.97 Å². The normalized spacial score (nSPS) is 11.3. The van der Waals surface area contributed by atoms with E-state index in [2.05, 4.69) is 15.3 Å². The van der Waals surface area contributed by atoms with Crippen LogP contribution in [0.1, 0.15) is 19.4 Å². The van der Waals surface area contributed by atoms with E-state index < -0.39 is 5.54 Å². The molecule has 5 heteroatoms. The summed E-state index contributed by atoms with van der Waals surface area (Å²) in [6.07, 6.45) is 1.43. The smallest absolute Gasteiger partial charge is 0.221 e. The number of aliphatic hydroxyl groups excluding tert-OH is 1. The average molecular weight is 211 g/mol. The molecule has 0 aromatic carbocycles. The first kappa shape index (κ1) is 11.7. The Morgan fingerprint density at radius 2 is 2.13 bits per heavy atom. The van der Waals surface area contributed by atoms with E-state index in [1.807, 2.05) is 20.8 Å². The van der Waals surface area contributed by atoms with Crippen LogP contribution in [0.3, 0.4) is 0 Å². The highest BCUT2D eigenvalue weighted by molar-refractivity contribution is 5.49. The van der Waals surface area contributed by atoms with E-state index in [0.29, 0.717) is 11.7 Å². The van der Waals surface area contributed by atoms with Crippen LogP contribution in [0.5, 0.6) is 5.88 Å². The van der Waals surface area contributed by atoms with E-state index in [1.165, 1.54) is 6.33 Å². The first-order valence-corrected chi connectivity index (χ1v) is 4.75. The molecule has 84 valence electrons. The van der Waals surface area contributed by atoms with Gasteiger partial charge >= 0.3 is 0 Å². The molecule has 1 aromatic rings. The highest BCUT2D eigenvalue weighted by Crippen LogP contribution is 2.22. The predicted molar refractivity (Wildman–Crippen MR) is 58.1 cm³/mol. The maximum atomic E-state index is 9.14. The molecule has 0 aliphatic rings. The minimum Gasteiger partial charge on any atom is -0.481 e. The number of nitrogens with zero attached hydrogens (tertiary/aromatic N) is 2. The highest BCUT2D eigenvalue weighted by Gasteiger charge is 2.18. The second kappa shape index (κ2) is 4.44. The Morgan fingerprint density at radius 1 is 1.47 bits per heavy atom. The standard InChI is InChI=1S/C10H17N3O2/c1-7-8(13-10(2,3)5-14)11-6-12-9(7)15-4/h6,14H,5H2,1-4H3,(H,11,12,13). The van der Waals surface area contributed by atoms with Crippen molar-refractivity contribution in [2.24, 2.45) is 0 Å². The molecule has 0 bridgehead atoms. The van der Waals surface area contributed by atoms with Crippen molar-refractivity contribution < 1.29 is 9.84 Å². The molecule has 0 radical (unpaired) electrons. The number of hydrogen-bond donors (Lipinski definition) is 2. The molecule has 1 aromatic heterocycles. The zero-order valence-corrected chi connectivity index (χ0v) is 9.53. The third-order valence-electron chi connectivity index (χ3n) is 2.08. The molecule has 0 amide bonds. The van der Waals surface area contributed by atoms with Gasteiger partial charge in [-0.05, 0) is 20.8 Å². The number of anilines is 1. The van der Waals surface area contributed by atoms with Crippen molar-refractivity contribution in [3.63, 3.8) is 0 Å². The van der Waals surface area contributed by atoms with E-state index in [0.717, 1.165) is 5.56 Å². The fourth-order valence-corrected chi connectivity index (χ4v) is 1.13. The van der Waals surface area contributed by atoms with E-state index >= 15 is 0 Å². The lowest BCUT2D eigenvalue weighted by Crippen LogP contribution is -2.35. The fourth-order valence-electron chi connectivity index (χ4n) is 1.13. The molecule has 5 nitrogen and oxygen atoms in total. The zero-order valence-electron chi connectivity index (χ0n) is 9.53. The van der Waals surface area contributed by atoms with Gasteiger partial charge in [0.25, 0.3) is 0 Å². The lowest BCUT2D eigenvalue weighted by Gasteiger charge is -2.25. The first-order chi connectivity index (χ1) is 7.00. The van der Waals surface area contributed by atoms with E-state index in [9.17, 15) is 0 Å². The lowest BCUT2D eigenvalue weighted by atomic mass is 10.1. The molecule has 15 heavy (non-hydrogen) atoms. The van der Waals surface area contributed by atoms with E-state index in [4.69, 9.17) is 9.84 Å². The SMILES string of the molecule is COc1ncnc(NC(C)(C)CO)c1C. The zero-order chi connectivity index (χ0) is 11.5. The molecular weight excluding hydrogens is 194 g/mol. The second-order valence-electron chi connectivity index (χ2n) is 4.02. The van der Waals surface area contributed by atoms with Crippen molar-refractivity contribution in [2.45, 2.75) is 26.3 Å². The van der Waals surface area contributed by atoms with Crippen molar-refractivity contribution in [3.8, 4) is 5.88 Å². The Kier molecular flexibility index (Phi) is 3.47. The second-order valence-corrected chi connectivity index (χ2v) is 4.02. The van der Waals surface area contributed by atoms with E-state index in [1.54, 1.807) is 7.11 Å².